The second-order valence-corrected chi connectivity index (χ2v) is 7.56. The zero-order valence-electron chi connectivity index (χ0n) is 14.4. The highest BCUT2D eigenvalue weighted by molar-refractivity contribution is 6.30. The maximum Gasteiger partial charge on any atom is 0.232 e. The molecule has 0 spiro atoms. The third-order valence-electron chi connectivity index (χ3n) is 5.16. The van der Waals surface area contributed by atoms with Crippen LogP contribution >= 0.6 is 11.6 Å². The molecule has 1 saturated carbocycles. The molecule has 5 heteroatoms. The number of ketones is 1. The van der Waals surface area contributed by atoms with Crippen molar-refractivity contribution in [3.63, 3.8) is 0 Å². The van der Waals surface area contributed by atoms with Crippen molar-refractivity contribution in [3.8, 4) is 11.5 Å². The zero-order valence-corrected chi connectivity index (χ0v) is 15.2. The van der Waals surface area contributed by atoms with E-state index >= 15 is 0 Å². The molecular weight excluding hydrogens is 350 g/mol. The predicted molar refractivity (Wildman–Crippen MR) is 99.6 cm³/mol. The Morgan fingerprint density at radius 2 is 2.12 bits per heavy atom. The Bertz CT molecular complexity index is 962. The third-order valence-corrected chi connectivity index (χ3v) is 5.40. The monoisotopic (exact) mass is 367 g/mol. The van der Waals surface area contributed by atoms with Gasteiger partial charge in [0.05, 0.1) is 11.1 Å². The first-order chi connectivity index (χ1) is 12.6. The van der Waals surface area contributed by atoms with Gasteiger partial charge < -0.3 is 9.47 Å². The highest BCUT2D eigenvalue weighted by Crippen LogP contribution is 2.45. The summed E-state index contributed by atoms with van der Waals surface area (Å²) in [5, 5.41) is 0.629. The molecule has 0 radical (unpaired) electrons. The number of hydrogen-bond donors (Lipinski definition) is 0. The number of ether oxygens (including phenoxy) is 2. The van der Waals surface area contributed by atoms with Crippen molar-refractivity contribution in [2.75, 3.05) is 6.73 Å². The fraction of sp³-hybridized carbons (Fsp3) is 0.286. The van der Waals surface area contributed by atoms with Crippen LogP contribution in [0.1, 0.15) is 39.9 Å². The van der Waals surface area contributed by atoms with Gasteiger partial charge in [0.2, 0.25) is 5.78 Å². The van der Waals surface area contributed by atoms with E-state index in [2.05, 4.69) is 4.90 Å². The fourth-order valence-corrected chi connectivity index (χ4v) is 3.87. The summed E-state index contributed by atoms with van der Waals surface area (Å²) in [7, 11) is 0. The lowest BCUT2D eigenvalue weighted by Gasteiger charge is -2.30. The normalized spacial score (nSPS) is 20.5. The lowest BCUT2D eigenvalue weighted by molar-refractivity contribution is 0.0867. The SMILES string of the molecule is Cc1cc2c(c3c1C(=O)/C(=C/c1cccc(Cl)c1)O3)CN(C1CC1)CO2. The molecule has 1 aliphatic carbocycles. The topological polar surface area (TPSA) is 38.8 Å². The van der Waals surface area contributed by atoms with Gasteiger partial charge in [0.1, 0.15) is 18.2 Å². The van der Waals surface area contributed by atoms with Crippen LogP contribution in [-0.4, -0.2) is 23.5 Å². The molecule has 2 aromatic rings. The van der Waals surface area contributed by atoms with Crippen LogP contribution in [0.25, 0.3) is 6.08 Å². The number of Topliss-reactive ketones (excluding diaryl/α,β-unsaturated/α-hetero) is 1. The standard InChI is InChI=1S/C21H18ClNO3/c1-12-7-17-16(10-23(11-25-17)15-5-6-15)21-19(12)20(24)18(26-21)9-13-3-2-4-14(22)8-13/h2-4,7-9,15H,5-6,10-11H2,1H3/b18-9-. The molecule has 4 nitrogen and oxygen atoms in total. The smallest absolute Gasteiger partial charge is 0.232 e. The molecule has 2 aromatic carbocycles. The molecule has 2 heterocycles. The number of rotatable bonds is 2. The fourth-order valence-electron chi connectivity index (χ4n) is 3.67. The summed E-state index contributed by atoms with van der Waals surface area (Å²) in [6.07, 6.45) is 4.18. The average Bonchev–Trinajstić information content (AvgIpc) is 3.41. The molecular formula is C21H18ClNO3. The largest absolute Gasteiger partial charge is 0.478 e. The highest BCUT2D eigenvalue weighted by atomic mass is 35.5. The van der Waals surface area contributed by atoms with Gasteiger partial charge in [-0.2, -0.15) is 0 Å². The highest BCUT2D eigenvalue weighted by Gasteiger charge is 2.38. The van der Waals surface area contributed by atoms with Crippen LogP contribution in [0.2, 0.25) is 5.02 Å². The van der Waals surface area contributed by atoms with Gasteiger partial charge in [0.25, 0.3) is 0 Å². The van der Waals surface area contributed by atoms with Gasteiger partial charge in [-0.05, 0) is 55.2 Å². The lowest BCUT2D eigenvalue weighted by Crippen LogP contribution is -2.34. The van der Waals surface area contributed by atoms with Crippen LogP contribution in [0.15, 0.2) is 36.1 Å². The molecule has 1 fully saturated rings. The van der Waals surface area contributed by atoms with Gasteiger partial charge in [-0.1, -0.05) is 23.7 Å². The van der Waals surface area contributed by atoms with Gasteiger partial charge in [-0.25, -0.2) is 0 Å². The van der Waals surface area contributed by atoms with Gasteiger partial charge >= 0.3 is 0 Å². The van der Waals surface area contributed by atoms with Crippen molar-refractivity contribution in [1.82, 2.24) is 4.90 Å². The quantitative estimate of drug-likeness (QED) is 0.728. The summed E-state index contributed by atoms with van der Waals surface area (Å²) in [6, 6.07) is 9.93. The van der Waals surface area contributed by atoms with Crippen molar-refractivity contribution in [2.45, 2.75) is 32.4 Å². The molecule has 0 unspecified atom stereocenters. The van der Waals surface area contributed by atoms with Crippen LogP contribution in [0.5, 0.6) is 11.5 Å². The van der Waals surface area contributed by atoms with Crippen LogP contribution in [0, 0.1) is 6.92 Å². The average molecular weight is 368 g/mol. The number of aryl methyl sites for hydroxylation is 1. The Morgan fingerprint density at radius 3 is 2.88 bits per heavy atom. The maximum atomic E-state index is 12.9. The van der Waals surface area contributed by atoms with Crippen LogP contribution in [0.3, 0.4) is 0 Å². The molecule has 26 heavy (non-hydrogen) atoms. The van der Waals surface area contributed by atoms with E-state index in [0.29, 0.717) is 34.9 Å². The van der Waals surface area contributed by atoms with E-state index < -0.39 is 0 Å². The molecule has 0 amide bonds. The zero-order chi connectivity index (χ0) is 17.8. The number of hydrogen-bond acceptors (Lipinski definition) is 4. The minimum absolute atomic E-state index is 0.0798. The van der Waals surface area contributed by atoms with Crippen LogP contribution < -0.4 is 9.47 Å². The molecule has 2 aliphatic heterocycles. The Labute approximate surface area is 157 Å². The Hall–Kier alpha value is -2.30. The van der Waals surface area contributed by atoms with E-state index in [-0.39, 0.29) is 5.78 Å². The summed E-state index contributed by atoms with van der Waals surface area (Å²) < 4.78 is 12.0. The van der Waals surface area contributed by atoms with E-state index in [9.17, 15) is 4.79 Å². The number of nitrogens with zero attached hydrogens (tertiary/aromatic N) is 1. The van der Waals surface area contributed by atoms with E-state index in [0.717, 1.165) is 29.0 Å². The van der Waals surface area contributed by atoms with Crippen molar-refractivity contribution in [2.24, 2.45) is 0 Å². The number of halogens is 1. The molecule has 0 saturated heterocycles. The maximum absolute atomic E-state index is 12.9. The van der Waals surface area contributed by atoms with Crippen molar-refractivity contribution >= 4 is 23.5 Å². The van der Waals surface area contributed by atoms with Gasteiger partial charge in [-0.3, -0.25) is 9.69 Å². The van der Waals surface area contributed by atoms with Crippen molar-refractivity contribution in [1.29, 1.82) is 0 Å². The molecule has 0 atom stereocenters. The second-order valence-electron chi connectivity index (χ2n) is 7.12. The summed E-state index contributed by atoms with van der Waals surface area (Å²) >= 11 is 6.05. The van der Waals surface area contributed by atoms with E-state index in [1.54, 1.807) is 12.1 Å². The first-order valence-corrected chi connectivity index (χ1v) is 9.21. The second kappa shape index (κ2) is 5.86. The first kappa shape index (κ1) is 15.9. The Balaban J connectivity index is 1.55. The predicted octanol–water partition coefficient (Wildman–Crippen LogP) is 4.58. The number of carbonyl (C=O) groups excluding carboxylic acids is 1. The van der Waals surface area contributed by atoms with Gasteiger partial charge in [0, 0.05) is 17.6 Å². The minimum Gasteiger partial charge on any atom is -0.478 e. The number of fused-ring (bicyclic) bond motifs is 3. The Morgan fingerprint density at radius 1 is 1.27 bits per heavy atom. The van der Waals surface area contributed by atoms with Crippen molar-refractivity contribution < 1.29 is 14.3 Å². The van der Waals surface area contributed by atoms with E-state index in [4.69, 9.17) is 21.1 Å². The Kier molecular flexibility index (Phi) is 3.59. The third kappa shape index (κ3) is 2.61. The number of benzene rings is 2. The minimum atomic E-state index is -0.0798. The molecule has 0 bridgehead atoms. The van der Waals surface area contributed by atoms with Gasteiger partial charge in [0.15, 0.2) is 5.76 Å². The first-order valence-electron chi connectivity index (χ1n) is 8.83. The van der Waals surface area contributed by atoms with E-state index in [1.165, 1.54) is 12.8 Å². The van der Waals surface area contributed by atoms with Crippen LogP contribution in [-0.2, 0) is 6.54 Å². The lowest BCUT2D eigenvalue weighted by atomic mass is 9.98. The molecule has 132 valence electrons. The summed E-state index contributed by atoms with van der Waals surface area (Å²) in [6.45, 7) is 3.30. The van der Waals surface area contributed by atoms with Crippen LogP contribution in [0.4, 0.5) is 0 Å². The van der Waals surface area contributed by atoms with Gasteiger partial charge in [-0.15, -0.1) is 0 Å². The van der Waals surface area contributed by atoms with Crippen molar-refractivity contribution in [3.05, 3.63) is 63.4 Å². The molecule has 0 aromatic heterocycles. The molecule has 0 N–H and O–H groups in total. The summed E-state index contributed by atoms with van der Waals surface area (Å²) in [5.41, 5.74) is 3.36. The molecule has 3 aliphatic rings. The molecule has 5 rings (SSSR count). The number of allylic oxidation sites excluding steroid dienone is 1. The summed E-state index contributed by atoms with van der Waals surface area (Å²) in [4.78, 5) is 15.2. The number of carbonyl (C=O) groups is 1. The summed E-state index contributed by atoms with van der Waals surface area (Å²) in [5.74, 6) is 1.74. The van der Waals surface area contributed by atoms with E-state index in [1.807, 2.05) is 31.2 Å².